The Labute approximate surface area is 168 Å². The van der Waals surface area contributed by atoms with Gasteiger partial charge in [-0.25, -0.2) is 4.98 Å². The molecule has 9 heteroatoms. The molecule has 5 rings (SSSR count). The predicted octanol–water partition coefficient (Wildman–Crippen LogP) is 2.66. The van der Waals surface area contributed by atoms with E-state index in [1.54, 1.807) is 33.9 Å². The summed E-state index contributed by atoms with van der Waals surface area (Å²) in [5.74, 6) is 0.578. The molecule has 0 saturated heterocycles. The summed E-state index contributed by atoms with van der Waals surface area (Å²) in [6.45, 7) is 2.16. The number of aromatic nitrogens is 2. The van der Waals surface area contributed by atoms with Gasteiger partial charge in [0.2, 0.25) is 0 Å². The highest BCUT2D eigenvalue weighted by molar-refractivity contribution is 8.93. The first kappa shape index (κ1) is 17.8. The first-order valence-electron chi connectivity index (χ1n) is 8.12. The summed E-state index contributed by atoms with van der Waals surface area (Å²) in [5, 5.41) is 3.30. The Balaban J connectivity index is 0.00000168. The van der Waals surface area contributed by atoms with Gasteiger partial charge in [-0.2, -0.15) is 0 Å². The van der Waals surface area contributed by atoms with E-state index in [1.165, 1.54) is 16.2 Å². The van der Waals surface area contributed by atoms with Crippen LogP contribution >= 0.6 is 39.7 Å². The summed E-state index contributed by atoms with van der Waals surface area (Å²) in [7, 11) is 3.85. The largest absolute Gasteiger partial charge is 0.334 e. The van der Waals surface area contributed by atoms with Gasteiger partial charge in [0, 0.05) is 25.0 Å². The minimum Gasteiger partial charge on any atom is -0.334 e. The molecule has 2 aliphatic heterocycles. The highest BCUT2D eigenvalue weighted by Gasteiger charge is 2.30. The van der Waals surface area contributed by atoms with Crippen LogP contribution in [0.15, 0.2) is 16.2 Å². The molecule has 0 aliphatic carbocycles. The number of likely N-dealkylation sites (N-methyl/N-ethyl adjacent to an activating group) is 1. The van der Waals surface area contributed by atoms with Gasteiger partial charge in [0.25, 0.3) is 11.5 Å². The lowest BCUT2D eigenvalue weighted by molar-refractivity contribution is 0.0786. The van der Waals surface area contributed by atoms with Crippen molar-refractivity contribution in [1.29, 1.82) is 0 Å². The number of halogens is 1. The van der Waals surface area contributed by atoms with Crippen LogP contribution in [0.2, 0.25) is 0 Å². The quantitative estimate of drug-likeness (QED) is 0.525. The Kier molecular flexibility index (Phi) is 4.30. The van der Waals surface area contributed by atoms with Crippen LogP contribution in [0.5, 0.6) is 0 Å². The van der Waals surface area contributed by atoms with Crippen LogP contribution in [0.25, 0.3) is 15.2 Å². The molecule has 5 heterocycles. The molecule has 0 saturated carbocycles. The minimum absolute atomic E-state index is 0. The minimum atomic E-state index is -0.0619. The van der Waals surface area contributed by atoms with Gasteiger partial charge in [-0.15, -0.1) is 39.7 Å². The van der Waals surface area contributed by atoms with E-state index in [1.807, 2.05) is 5.38 Å². The fourth-order valence-electron chi connectivity index (χ4n) is 3.65. The molecule has 0 bridgehead atoms. The average molecular weight is 453 g/mol. The molecular formula is C17H17BrN4O2S2. The molecule has 0 fully saturated rings. The molecule has 0 radical (unpaired) electrons. The van der Waals surface area contributed by atoms with E-state index >= 15 is 0 Å². The van der Waals surface area contributed by atoms with Crippen molar-refractivity contribution in [3.05, 3.63) is 43.6 Å². The Morgan fingerprint density at radius 2 is 2.00 bits per heavy atom. The van der Waals surface area contributed by atoms with E-state index in [0.29, 0.717) is 22.9 Å². The number of carbonyl (C=O) groups is 1. The first-order valence-corrected chi connectivity index (χ1v) is 9.82. The van der Waals surface area contributed by atoms with Crippen LogP contribution in [0, 0.1) is 0 Å². The maximum Gasteiger partial charge on any atom is 0.267 e. The third-order valence-electron chi connectivity index (χ3n) is 4.94. The number of thiophene rings is 2. The van der Waals surface area contributed by atoms with Crippen molar-refractivity contribution in [2.45, 2.75) is 19.5 Å². The monoisotopic (exact) mass is 452 g/mol. The van der Waals surface area contributed by atoms with E-state index < -0.39 is 0 Å². The van der Waals surface area contributed by atoms with Crippen molar-refractivity contribution in [1.82, 2.24) is 19.4 Å². The zero-order valence-corrected chi connectivity index (χ0v) is 17.7. The highest BCUT2D eigenvalue weighted by Crippen LogP contribution is 2.34. The van der Waals surface area contributed by atoms with Gasteiger partial charge in [0.1, 0.15) is 15.7 Å². The molecule has 3 aromatic heterocycles. The molecule has 0 unspecified atom stereocenters. The summed E-state index contributed by atoms with van der Waals surface area (Å²) >= 11 is 3.04. The molecule has 2 aliphatic rings. The normalized spacial score (nSPS) is 16.7. The Morgan fingerprint density at radius 3 is 2.81 bits per heavy atom. The Morgan fingerprint density at radius 1 is 1.19 bits per heavy atom. The van der Waals surface area contributed by atoms with E-state index in [2.05, 4.69) is 11.9 Å². The summed E-state index contributed by atoms with van der Waals surface area (Å²) in [6, 6.07) is 1.79. The maximum absolute atomic E-state index is 13.4. The number of hydrogen-bond donors (Lipinski definition) is 0. The van der Waals surface area contributed by atoms with Gasteiger partial charge < -0.3 is 9.80 Å². The Hall–Kier alpha value is -1.55. The molecule has 1 amide bonds. The second-order valence-electron chi connectivity index (χ2n) is 6.64. The molecule has 26 heavy (non-hydrogen) atoms. The van der Waals surface area contributed by atoms with Gasteiger partial charge in [0.05, 0.1) is 17.5 Å². The summed E-state index contributed by atoms with van der Waals surface area (Å²) in [6.07, 6.45) is 0.873. The fraction of sp³-hybridized carbons (Fsp3) is 0.353. The molecule has 0 spiro atoms. The summed E-state index contributed by atoms with van der Waals surface area (Å²) in [4.78, 5) is 36.7. The van der Waals surface area contributed by atoms with E-state index in [-0.39, 0.29) is 28.4 Å². The smallest absolute Gasteiger partial charge is 0.267 e. The van der Waals surface area contributed by atoms with Gasteiger partial charge in [0.15, 0.2) is 0 Å². The molecular weight excluding hydrogens is 436 g/mol. The zero-order valence-electron chi connectivity index (χ0n) is 14.3. The third kappa shape index (κ3) is 2.41. The fourth-order valence-corrected chi connectivity index (χ4v) is 5.87. The van der Waals surface area contributed by atoms with Crippen molar-refractivity contribution >= 4 is 55.8 Å². The van der Waals surface area contributed by atoms with Crippen molar-refractivity contribution in [3.63, 3.8) is 0 Å². The number of rotatable bonds is 0. The number of fused-ring (bicyclic) bond motifs is 6. The lowest BCUT2D eigenvalue weighted by Gasteiger charge is -2.21. The second-order valence-corrected chi connectivity index (χ2v) is 8.62. The van der Waals surface area contributed by atoms with Crippen molar-refractivity contribution in [2.24, 2.45) is 0 Å². The van der Waals surface area contributed by atoms with E-state index in [4.69, 9.17) is 4.98 Å². The standard InChI is InChI=1S/C17H16N4O2S2.BrH/c1-19-5-3-9-11(7-19)25-14-13(9)16(23)21-12(18-14)8-20(2)15(22)10-4-6-24-17(10)21;/h4,6H,3,5,7-8H2,1-2H3;1H. The van der Waals surface area contributed by atoms with Crippen LogP contribution < -0.4 is 5.56 Å². The van der Waals surface area contributed by atoms with Crippen molar-refractivity contribution in [2.75, 3.05) is 20.6 Å². The molecule has 0 atom stereocenters. The lowest BCUT2D eigenvalue weighted by atomic mass is 10.1. The van der Waals surface area contributed by atoms with Crippen LogP contribution in [0.4, 0.5) is 0 Å². The second kappa shape index (κ2) is 6.26. The molecule has 136 valence electrons. The van der Waals surface area contributed by atoms with Crippen LogP contribution in [-0.4, -0.2) is 45.9 Å². The van der Waals surface area contributed by atoms with Crippen LogP contribution in [-0.2, 0) is 19.5 Å². The highest BCUT2D eigenvalue weighted by atomic mass is 79.9. The molecule has 6 nitrogen and oxygen atoms in total. The first-order chi connectivity index (χ1) is 12.0. The predicted molar refractivity (Wildman–Crippen MR) is 109 cm³/mol. The lowest BCUT2D eigenvalue weighted by Crippen LogP contribution is -2.28. The number of amides is 1. The van der Waals surface area contributed by atoms with Gasteiger partial charge >= 0.3 is 0 Å². The van der Waals surface area contributed by atoms with Gasteiger partial charge in [-0.05, 0) is 30.5 Å². The number of nitrogens with zero attached hydrogens (tertiary/aromatic N) is 4. The Bertz CT molecular complexity index is 1100. The van der Waals surface area contributed by atoms with Crippen molar-refractivity contribution in [3.8, 4) is 5.00 Å². The molecule has 3 aromatic rings. The SMILES string of the molecule is Br.CN1CCc2c(sc3nc4n(c(=O)c23)-c2sccc2C(=O)N(C)C4)C1. The van der Waals surface area contributed by atoms with Gasteiger partial charge in [-0.1, -0.05) is 0 Å². The topological polar surface area (TPSA) is 58.4 Å². The van der Waals surface area contributed by atoms with Crippen molar-refractivity contribution < 1.29 is 4.79 Å². The van der Waals surface area contributed by atoms with E-state index in [9.17, 15) is 9.59 Å². The molecule has 0 N–H and O–H groups in total. The molecule has 0 aromatic carbocycles. The number of hydrogen-bond acceptors (Lipinski definition) is 6. The third-order valence-corrected chi connectivity index (χ3v) is 6.95. The van der Waals surface area contributed by atoms with Crippen LogP contribution in [0.1, 0.15) is 26.6 Å². The number of carbonyl (C=O) groups excluding carboxylic acids is 1. The van der Waals surface area contributed by atoms with Crippen LogP contribution in [0.3, 0.4) is 0 Å². The average Bonchev–Trinajstić information content (AvgIpc) is 3.15. The maximum atomic E-state index is 13.4. The summed E-state index contributed by atoms with van der Waals surface area (Å²) < 4.78 is 1.66. The summed E-state index contributed by atoms with van der Waals surface area (Å²) in [5.41, 5.74) is 1.69. The van der Waals surface area contributed by atoms with E-state index in [0.717, 1.165) is 35.3 Å². The zero-order chi connectivity index (χ0) is 17.3. The van der Waals surface area contributed by atoms with Gasteiger partial charge in [-0.3, -0.25) is 14.2 Å².